The van der Waals surface area contributed by atoms with E-state index in [1.54, 1.807) is 0 Å². The largest absolute Gasteiger partial charge is 0.476 e. The van der Waals surface area contributed by atoms with Gasteiger partial charge in [0.25, 0.3) is 0 Å². The average Bonchev–Trinajstić information content (AvgIpc) is 2.65. The van der Waals surface area contributed by atoms with Crippen molar-refractivity contribution >= 4 is 17.3 Å². The molecule has 0 saturated heterocycles. The molecule has 0 bridgehead atoms. The van der Waals surface area contributed by atoms with E-state index >= 15 is 0 Å². The molecule has 0 aliphatic carbocycles. The highest BCUT2D eigenvalue weighted by molar-refractivity contribution is 7.09. The van der Waals surface area contributed by atoms with Gasteiger partial charge in [0.15, 0.2) is 5.69 Å². The minimum atomic E-state index is -0.994. The molecule has 0 aliphatic rings. The molecule has 1 rings (SSSR count). The molecule has 0 aromatic carbocycles. The van der Waals surface area contributed by atoms with E-state index in [0.29, 0.717) is 13.1 Å². The molecule has 0 radical (unpaired) electrons. The zero-order chi connectivity index (χ0) is 11.3. The summed E-state index contributed by atoms with van der Waals surface area (Å²) in [6, 6.07) is 0. The SMILES string of the molecule is CCN(CCO)Cc1scnc1C(=O)O. The summed E-state index contributed by atoms with van der Waals surface area (Å²) >= 11 is 1.33. The Morgan fingerprint density at radius 3 is 2.93 bits per heavy atom. The molecule has 1 aromatic rings. The summed E-state index contributed by atoms with van der Waals surface area (Å²) in [7, 11) is 0. The predicted molar refractivity (Wildman–Crippen MR) is 57.1 cm³/mol. The molecule has 0 fully saturated rings. The molecule has 0 unspecified atom stereocenters. The number of aromatic carboxylic acids is 1. The topological polar surface area (TPSA) is 73.7 Å². The van der Waals surface area contributed by atoms with E-state index < -0.39 is 5.97 Å². The van der Waals surface area contributed by atoms with Gasteiger partial charge in [0.05, 0.1) is 17.0 Å². The maximum Gasteiger partial charge on any atom is 0.355 e. The average molecular weight is 230 g/mol. The van der Waals surface area contributed by atoms with Crippen molar-refractivity contribution in [2.24, 2.45) is 0 Å². The van der Waals surface area contributed by atoms with Crippen molar-refractivity contribution in [1.82, 2.24) is 9.88 Å². The Labute approximate surface area is 92.0 Å². The van der Waals surface area contributed by atoms with E-state index in [0.717, 1.165) is 11.4 Å². The number of carboxylic acid groups (broad SMARTS) is 1. The number of thiazole rings is 1. The van der Waals surface area contributed by atoms with Crippen molar-refractivity contribution in [3.05, 3.63) is 16.1 Å². The summed E-state index contributed by atoms with van der Waals surface area (Å²) in [6.45, 7) is 3.90. The van der Waals surface area contributed by atoms with Crippen LogP contribution in [0, 0.1) is 0 Å². The van der Waals surface area contributed by atoms with Crippen LogP contribution in [0.5, 0.6) is 0 Å². The van der Waals surface area contributed by atoms with Crippen LogP contribution in [-0.4, -0.2) is 45.8 Å². The highest BCUT2D eigenvalue weighted by Crippen LogP contribution is 2.15. The molecule has 0 saturated carbocycles. The fourth-order valence-electron chi connectivity index (χ4n) is 1.25. The van der Waals surface area contributed by atoms with Crippen molar-refractivity contribution in [3.8, 4) is 0 Å². The third kappa shape index (κ3) is 3.26. The van der Waals surface area contributed by atoms with Gasteiger partial charge in [-0.05, 0) is 6.54 Å². The Balaban J connectivity index is 2.70. The number of nitrogens with zero attached hydrogens (tertiary/aromatic N) is 2. The highest BCUT2D eigenvalue weighted by atomic mass is 32.1. The van der Waals surface area contributed by atoms with Gasteiger partial charge >= 0.3 is 5.97 Å². The first-order chi connectivity index (χ1) is 7.19. The van der Waals surface area contributed by atoms with Crippen LogP contribution in [0.25, 0.3) is 0 Å². The van der Waals surface area contributed by atoms with Crippen LogP contribution < -0.4 is 0 Å². The monoisotopic (exact) mass is 230 g/mol. The minimum absolute atomic E-state index is 0.0784. The summed E-state index contributed by atoms with van der Waals surface area (Å²) < 4.78 is 0. The molecular weight excluding hydrogens is 216 g/mol. The van der Waals surface area contributed by atoms with Crippen molar-refractivity contribution in [3.63, 3.8) is 0 Å². The highest BCUT2D eigenvalue weighted by Gasteiger charge is 2.15. The van der Waals surface area contributed by atoms with Crippen LogP contribution in [0.4, 0.5) is 0 Å². The van der Waals surface area contributed by atoms with Crippen molar-refractivity contribution in [2.45, 2.75) is 13.5 Å². The van der Waals surface area contributed by atoms with E-state index in [1.165, 1.54) is 16.8 Å². The number of aliphatic hydroxyl groups is 1. The summed E-state index contributed by atoms with van der Waals surface area (Å²) in [6.07, 6.45) is 0. The molecule has 5 nitrogen and oxygen atoms in total. The van der Waals surface area contributed by atoms with Crippen LogP contribution in [-0.2, 0) is 6.54 Å². The van der Waals surface area contributed by atoms with Crippen LogP contribution in [0.3, 0.4) is 0 Å². The Morgan fingerprint density at radius 1 is 1.67 bits per heavy atom. The number of hydrogen-bond acceptors (Lipinski definition) is 5. The molecule has 0 aliphatic heterocycles. The number of aromatic nitrogens is 1. The molecular formula is C9H14N2O3S. The van der Waals surface area contributed by atoms with Gasteiger partial charge in [-0.1, -0.05) is 6.92 Å². The minimum Gasteiger partial charge on any atom is -0.476 e. The summed E-state index contributed by atoms with van der Waals surface area (Å²) in [5.41, 5.74) is 1.65. The third-order valence-corrected chi connectivity index (χ3v) is 2.89. The second-order valence-corrected chi connectivity index (χ2v) is 3.96. The Morgan fingerprint density at radius 2 is 2.40 bits per heavy atom. The van der Waals surface area contributed by atoms with Gasteiger partial charge in [-0.15, -0.1) is 11.3 Å². The first-order valence-corrected chi connectivity index (χ1v) is 5.55. The Bertz CT molecular complexity index is 327. The van der Waals surface area contributed by atoms with E-state index in [9.17, 15) is 4.79 Å². The fourth-order valence-corrected chi connectivity index (χ4v) is 2.04. The number of carboxylic acids is 1. The van der Waals surface area contributed by atoms with Gasteiger partial charge in [-0.2, -0.15) is 0 Å². The van der Waals surface area contributed by atoms with Crippen molar-refractivity contribution in [1.29, 1.82) is 0 Å². The molecule has 1 heterocycles. The second kappa shape index (κ2) is 5.79. The normalized spacial score (nSPS) is 10.9. The van der Waals surface area contributed by atoms with E-state index in [4.69, 9.17) is 10.2 Å². The second-order valence-electron chi connectivity index (χ2n) is 3.02. The standard InChI is InChI=1S/C9H14N2O3S/c1-2-11(3-4-12)5-7-8(9(13)14)10-6-15-7/h6,12H,2-5H2,1H3,(H,13,14). The first-order valence-electron chi connectivity index (χ1n) is 4.67. The summed E-state index contributed by atoms with van der Waals surface area (Å²) in [4.78, 5) is 17.3. The summed E-state index contributed by atoms with van der Waals surface area (Å²) in [5.74, 6) is -0.994. The van der Waals surface area contributed by atoms with Gasteiger partial charge in [0.1, 0.15) is 0 Å². The quantitative estimate of drug-likeness (QED) is 0.751. The van der Waals surface area contributed by atoms with Crippen LogP contribution >= 0.6 is 11.3 Å². The molecule has 1 aromatic heterocycles. The smallest absolute Gasteiger partial charge is 0.355 e. The van der Waals surface area contributed by atoms with Crippen molar-refractivity contribution < 1.29 is 15.0 Å². The van der Waals surface area contributed by atoms with E-state index in [2.05, 4.69) is 4.98 Å². The first kappa shape index (κ1) is 12.1. The molecule has 0 amide bonds. The molecule has 15 heavy (non-hydrogen) atoms. The summed E-state index contributed by atoms with van der Waals surface area (Å²) in [5, 5.41) is 17.7. The van der Waals surface area contributed by atoms with Crippen LogP contribution in [0.1, 0.15) is 22.3 Å². The van der Waals surface area contributed by atoms with Crippen LogP contribution in [0.15, 0.2) is 5.51 Å². The van der Waals surface area contributed by atoms with Crippen molar-refractivity contribution in [2.75, 3.05) is 19.7 Å². The fraction of sp³-hybridized carbons (Fsp3) is 0.556. The lowest BCUT2D eigenvalue weighted by Gasteiger charge is -2.17. The molecule has 0 atom stereocenters. The van der Waals surface area contributed by atoms with E-state index in [1.807, 2.05) is 11.8 Å². The Kier molecular flexibility index (Phi) is 4.67. The van der Waals surface area contributed by atoms with Gasteiger partial charge in [0, 0.05) is 13.1 Å². The molecule has 0 spiro atoms. The number of rotatable bonds is 6. The van der Waals surface area contributed by atoms with Gasteiger partial charge in [-0.25, -0.2) is 9.78 Å². The van der Waals surface area contributed by atoms with Gasteiger partial charge < -0.3 is 10.2 Å². The molecule has 6 heteroatoms. The lowest BCUT2D eigenvalue weighted by molar-refractivity contribution is 0.0689. The van der Waals surface area contributed by atoms with E-state index in [-0.39, 0.29) is 12.3 Å². The predicted octanol–water partition coefficient (Wildman–Crippen LogP) is 0.655. The Hall–Kier alpha value is -0.980. The lowest BCUT2D eigenvalue weighted by atomic mass is 10.3. The van der Waals surface area contributed by atoms with Crippen LogP contribution in [0.2, 0.25) is 0 Å². The number of carbonyl (C=O) groups is 1. The zero-order valence-corrected chi connectivity index (χ0v) is 9.33. The number of likely N-dealkylation sites (N-methyl/N-ethyl adjacent to an activating group) is 1. The maximum atomic E-state index is 10.8. The lowest BCUT2D eigenvalue weighted by Crippen LogP contribution is -2.26. The van der Waals surface area contributed by atoms with Gasteiger partial charge in [0.2, 0.25) is 0 Å². The third-order valence-electron chi connectivity index (χ3n) is 2.07. The number of aliphatic hydroxyl groups excluding tert-OH is 1. The molecule has 2 N–H and O–H groups in total. The number of hydrogen-bond donors (Lipinski definition) is 2. The molecule has 84 valence electrons. The zero-order valence-electron chi connectivity index (χ0n) is 8.51. The maximum absolute atomic E-state index is 10.8. The van der Waals surface area contributed by atoms with Gasteiger partial charge in [-0.3, -0.25) is 4.90 Å².